The van der Waals surface area contributed by atoms with Gasteiger partial charge in [-0.15, -0.1) is 0 Å². The van der Waals surface area contributed by atoms with Gasteiger partial charge in [0.25, 0.3) is 0 Å². The summed E-state index contributed by atoms with van der Waals surface area (Å²) in [4.78, 5) is 7.56. The molecule has 74 valence electrons. The highest BCUT2D eigenvalue weighted by Gasteiger charge is 2.08. The van der Waals surface area contributed by atoms with E-state index in [9.17, 15) is 0 Å². The Bertz CT molecular complexity index is 437. The van der Waals surface area contributed by atoms with Crippen LogP contribution >= 0.6 is 31.9 Å². The molecule has 1 aromatic heterocycles. The smallest absolute Gasteiger partial charge is 0.123 e. The predicted octanol–water partition coefficient (Wildman–Crippen LogP) is 3.11. The lowest BCUT2D eigenvalue weighted by atomic mass is 10.3. The maximum absolute atomic E-state index is 5.74. The molecule has 0 saturated heterocycles. The number of aromatic nitrogens is 2. The molecule has 0 radical (unpaired) electrons. The first-order valence-corrected chi connectivity index (χ1v) is 5.77. The summed E-state index contributed by atoms with van der Waals surface area (Å²) in [6.07, 6.45) is 0. The van der Waals surface area contributed by atoms with Crippen LogP contribution in [0.3, 0.4) is 0 Å². The third kappa shape index (κ3) is 1.71. The second kappa shape index (κ2) is 3.64. The Morgan fingerprint density at radius 1 is 1.36 bits per heavy atom. The molecular weight excluding hydrogens is 310 g/mol. The van der Waals surface area contributed by atoms with Gasteiger partial charge in [-0.2, -0.15) is 0 Å². The van der Waals surface area contributed by atoms with Crippen molar-refractivity contribution in [3.05, 3.63) is 26.9 Å². The minimum atomic E-state index is -0.0695. The topological polar surface area (TPSA) is 54.7 Å². The van der Waals surface area contributed by atoms with Crippen LogP contribution in [-0.2, 0) is 0 Å². The highest BCUT2D eigenvalue weighted by molar-refractivity contribution is 9.13. The van der Waals surface area contributed by atoms with Gasteiger partial charge in [0.2, 0.25) is 0 Å². The Balaban J connectivity index is 2.66. The number of hydrogen-bond acceptors (Lipinski definition) is 2. The molecule has 0 spiro atoms. The number of aromatic amines is 1. The molecule has 0 aliphatic heterocycles. The summed E-state index contributed by atoms with van der Waals surface area (Å²) in [6, 6.07) is 3.88. The molecule has 3 N–H and O–H groups in total. The van der Waals surface area contributed by atoms with Gasteiger partial charge >= 0.3 is 0 Å². The number of nitrogens with two attached hydrogens (primary N) is 1. The average molecular weight is 319 g/mol. The summed E-state index contributed by atoms with van der Waals surface area (Å²) in [5.74, 6) is 0.810. The zero-order chi connectivity index (χ0) is 10.3. The van der Waals surface area contributed by atoms with Crippen LogP contribution in [0.15, 0.2) is 21.1 Å². The number of nitrogens with zero attached hydrogens (tertiary/aromatic N) is 1. The Labute approximate surface area is 98.3 Å². The molecule has 0 bridgehead atoms. The standard InChI is InChI=1S/C9H9Br2N3/c1-4(12)9-13-7-2-5(10)6(11)3-8(7)14-9/h2-4H,12H2,1H3,(H,13,14). The van der Waals surface area contributed by atoms with Gasteiger partial charge in [-0.3, -0.25) is 0 Å². The van der Waals surface area contributed by atoms with E-state index in [1.807, 2.05) is 19.1 Å². The van der Waals surface area contributed by atoms with Crippen molar-refractivity contribution >= 4 is 42.9 Å². The van der Waals surface area contributed by atoms with Gasteiger partial charge in [0, 0.05) is 8.95 Å². The van der Waals surface area contributed by atoms with Crippen molar-refractivity contribution in [2.75, 3.05) is 0 Å². The van der Waals surface area contributed by atoms with Gasteiger partial charge < -0.3 is 10.7 Å². The fraction of sp³-hybridized carbons (Fsp3) is 0.222. The molecule has 0 fully saturated rings. The molecule has 3 nitrogen and oxygen atoms in total. The molecule has 0 saturated carbocycles. The zero-order valence-corrected chi connectivity index (χ0v) is 10.7. The number of rotatable bonds is 1. The Morgan fingerprint density at radius 3 is 2.64 bits per heavy atom. The number of nitrogens with one attached hydrogen (secondary N) is 1. The second-order valence-corrected chi connectivity index (χ2v) is 4.90. The van der Waals surface area contributed by atoms with Crippen LogP contribution in [0.25, 0.3) is 11.0 Å². The van der Waals surface area contributed by atoms with Crippen LogP contribution in [-0.4, -0.2) is 9.97 Å². The van der Waals surface area contributed by atoms with E-state index in [1.165, 1.54) is 0 Å². The first kappa shape index (κ1) is 10.1. The first-order valence-electron chi connectivity index (χ1n) is 4.18. The van der Waals surface area contributed by atoms with E-state index < -0.39 is 0 Å². The lowest BCUT2D eigenvalue weighted by Crippen LogP contribution is -2.06. The maximum Gasteiger partial charge on any atom is 0.123 e. The molecule has 0 amide bonds. The summed E-state index contributed by atoms with van der Waals surface area (Å²) in [5, 5.41) is 0. The number of hydrogen-bond donors (Lipinski definition) is 2. The largest absolute Gasteiger partial charge is 0.341 e. The number of benzene rings is 1. The Hall–Kier alpha value is -0.390. The lowest BCUT2D eigenvalue weighted by molar-refractivity contribution is 0.760. The molecule has 1 aromatic carbocycles. The van der Waals surface area contributed by atoms with Gasteiger partial charge in [0.1, 0.15) is 5.82 Å². The Morgan fingerprint density at radius 2 is 2.00 bits per heavy atom. The predicted molar refractivity (Wildman–Crippen MR) is 64.1 cm³/mol. The SMILES string of the molecule is CC(N)c1nc2cc(Br)c(Br)cc2[nH]1. The maximum atomic E-state index is 5.74. The number of H-pyrrole nitrogens is 1. The highest BCUT2D eigenvalue weighted by atomic mass is 79.9. The molecule has 14 heavy (non-hydrogen) atoms. The van der Waals surface area contributed by atoms with Crippen molar-refractivity contribution in [3.8, 4) is 0 Å². The lowest BCUT2D eigenvalue weighted by Gasteiger charge is -1.96. The van der Waals surface area contributed by atoms with Gasteiger partial charge in [-0.1, -0.05) is 0 Å². The van der Waals surface area contributed by atoms with Crippen molar-refractivity contribution in [2.45, 2.75) is 13.0 Å². The zero-order valence-electron chi connectivity index (χ0n) is 7.51. The normalized spacial score (nSPS) is 13.4. The molecule has 0 aliphatic rings. The number of imidazole rings is 1. The molecule has 2 rings (SSSR count). The molecule has 1 heterocycles. The van der Waals surface area contributed by atoms with Crippen molar-refractivity contribution in [2.24, 2.45) is 5.73 Å². The summed E-state index contributed by atoms with van der Waals surface area (Å²) in [6.45, 7) is 1.90. The summed E-state index contributed by atoms with van der Waals surface area (Å²) in [5.41, 5.74) is 7.65. The van der Waals surface area contributed by atoms with Gasteiger partial charge in [0.15, 0.2) is 0 Å². The number of halogens is 2. The van der Waals surface area contributed by atoms with Crippen molar-refractivity contribution in [1.82, 2.24) is 9.97 Å². The van der Waals surface area contributed by atoms with E-state index in [0.717, 1.165) is 25.8 Å². The van der Waals surface area contributed by atoms with E-state index in [2.05, 4.69) is 41.8 Å². The Kier molecular flexibility index (Phi) is 2.64. The van der Waals surface area contributed by atoms with Gasteiger partial charge in [-0.25, -0.2) is 4.98 Å². The average Bonchev–Trinajstić information content (AvgIpc) is 2.48. The third-order valence-corrected chi connectivity index (χ3v) is 3.82. The molecule has 0 aliphatic carbocycles. The minimum absolute atomic E-state index is 0.0695. The van der Waals surface area contributed by atoms with Crippen LogP contribution in [0.1, 0.15) is 18.8 Å². The first-order chi connectivity index (χ1) is 6.58. The molecule has 2 aromatic rings. The van der Waals surface area contributed by atoms with Gasteiger partial charge in [-0.05, 0) is 50.9 Å². The molecule has 1 atom stereocenters. The van der Waals surface area contributed by atoms with E-state index in [4.69, 9.17) is 5.73 Å². The van der Waals surface area contributed by atoms with Crippen LogP contribution < -0.4 is 5.73 Å². The quantitative estimate of drug-likeness (QED) is 0.849. The van der Waals surface area contributed by atoms with Crippen molar-refractivity contribution in [3.63, 3.8) is 0 Å². The van der Waals surface area contributed by atoms with Crippen molar-refractivity contribution < 1.29 is 0 Å². The monoisotopic (exact) mass is 317 g/mol. The minimum Gasteiger partial charge on any atom is -0.341 e. The van der Waals surface area contributed by atoms with Crippen LogP contribution in [0.5, 0.6) is 0 Å². The van der Waals surface area contributed by atoms with Gasteiger partial charge in [0.05, 0.1) is 17.1 Å². The summed E-state index contributed by atoms with van der Waals surface area (Å²) >= 11 is 6.87. The number of fused-ring (bicyclic) bond motifs is 1. The third-order valence-electron chi connectivity index (χ3n) is 1.97. The summed E-state index contributed by atoms with van der Waals surface area (Å²) in [7, 11) is 0. The van der Waals surface area contributed by atoms with Crippen LogP contribution in [0.2, 0.25) is 0 Å². The summed E-state index contributed by atoms with van der Waals surface area (Å²) < 4.78 is 2.00. The van der Waals surface area contributed by atoms with E-state index in [-0.39, 0.29) is 6.04 Å². The van der Waals surface area contributed by atoms with E-state index in [0.29, 0.717) is 0 Å². The van der Waals surface area contributed by atoms with Crippen molar-refractivity contribution in [1.29, 1.82) is 0 Å². The molecular formula is C9H9Br2N3. The fourth-order valence-electron chi connectivity index (χ4n) is 1.24. The van der Waals surface area contributed by atoms with Crippen LogP contribution in [0, 0.1) is 0 Å². The molecule has 5 heteroatoms. The van der Waals surface area contributed by atoms with E-state index >= 15 is 0 Å². The fourth-order valence-corrected chi connectivity index (χ4v) is 1.91. The second-order valence-electron chi connectivity index (χ2n) is 3.19. The van der Waals surface area contributed by atoms with Crippen LogP contribution in [0.4, 0.5) is 0 Å². The van der Waals surface area contributed by atoms with E-state index in [1.54, 1.807) is 0 Å². The highest BCUT2D eigenvalue weighted by Crippen LogP contribution is 2.27. The molecule has 1 unspecified atom stereocenters.